The number of fused-ring (bicyclic) bond motifs is 1. The average molecular weight is 327 g/mol. The zero-order chi connectivity index (χ0) is 16.2. The highest BCUT2D eigenvalue weighted by Crippen LogP contribution is 2.24. The summed E-state index contributed by atoms with van der Waals surface area (Å²) in [6.45, 7) is 2.01. The Balaban J connectivity index is 1.84. The Hall–Kier alpha value is -2.80. The number of carbonyl (C=O) groups excluding carboxylic acids is 2. The molecule has 0 bridgehead atoms. The van der Waals surface area contributed by atoms with Gasteiger partial charge in [-0.3, -0.25) is 9.78 Å². The number of thiophene rings is 1. The Morgan fingerprint density at radius 3 is 2.78 bits per heavy atom. The quantitative estimate of drug-likeness (QED) is 0.745. The van der Waals surface area contributed by atoms with Gasteiger partial charge in [-0.15, -0.1) is 11.3 Å². The van der Waals surface area contributed by atoms with Gasteiger partial charge in [-0.1, -0.05) is 12.1 Å². The van der Waals surface area contributed by atoms with E-state index in [9.17, 15) is 9.59 Å². The van der Waals surface area contributed by atoms with Crippen molar-refractivity contribution in [1.29, 1.82) is 0 Å². The third-order valence-electron chi connectivity index (χ3n) is 3.07. The van der Waals surface area contributed by atoms with Crippen LogP contribution in [0.25, 0.3) is 11.0 Å². The molecule has 0 saturated carbocycles. The molecular formula is C16H13N3O3S. The van der Waals surface area contributed by atoms with Crippen LogP contribution in [0.3, 0.4) is 0 Å². The van der Waals surface area contributed by atoms with Crippen LogP contribution in [-0.4, -0.2) is 28.5 Å². The maximum absolute atomic E-state index is 12.3. The zero-order valence-electron chi connectivity index (χ0n) is 12.3. The Morgan fingerprint density at radius 1 is 1.22 bits per heavy atom. The molecule has 0 fully saturated rings. The number of para-hydroxylation sites is 2. The van der Waals surface area contributed by atoms with Crippen LogP contribution < -0.4 is 5.32 Å². The normalized spacial score (nSPS) is 10.5. The molecule has 1 amide bonds. The lowest BCUT2D eigenvalue weighted by atomic mass is 10.3. The number of rotatable bonds is 4. The second kappa shape index (κ2) is 6.53. The molecule has 2 aromatic heterocycles. The van der Waals surface area contributed by atoms with Crippen LogP contribution in [0, 0.1) is 0 Å². The summed E-state index contributed by atoms with van der Waals surface area (Å²) in [5.41, 5.74) is 1.87. The molecule has 1 N–H and O–H groups in total. The van der Waals surface area contributed by atoms with Gasteiger partial charge in [0.05, 0.1) is 29.4 Å². The molecule has 0 radical (unpaired) electrons. The molecule has 2 heterocycles. The first-order valence-electron chi connectivity index (χ1n) is 6.97. The lowest BCUT2D eigenvalue weighted by molar-refractivity contribution is 0.0528. The SMILES string of the molecule is CCOC(=O)c1ccsc1NC(=O)c1cnc2ccccc2n1. The monoisotopic (exact) mass is 327 g/mol. The van der Waals surface area contributed by atoms with Crippen LogP contribution in [0.1, 0.15) is 27.8 Å². The average Bonchev–Trinajstić information content (AvgIpc) is 3.03. The highest BCUT2D eigenvalue weighted by molar-refractivity contribution is 7.14. The number of anilines is 1. The third-order valence-corrected chi connectivity index (χ3v) is 3.90. The van der Waals surface area contributed by atoms with Crippen LogP contribution >= 0.6 is 11.3 Å². The van der Waals surface area contributed by atoms with Gasteiger partial charge in [-0.25, -0.2) is 9.78 Å². The van der Waals surface area contributed by atoms with Crippen molar-refractivity contribution in [3.63, 3.8) is 0 Å². The van der Waals surface area contributed by atoms with Crippen molar-refractivity contribution >= 4 is 39.2 Å². The van der Waals surface area contributed by atoms with Gasteiger partial charge < -0.3 is 10.1 Å². The number of carbonyl (C=O) groups is 2. The minimum atomic E-state index is -0.464. The number of nitrogens with one attached hydrogen (secondary N) is 1. The standard InChI is InChI=1S/C16H13N3O3S/c1-2-22-16(21)10-7-8-23-15(10)19-14(20)13-9-17-11-5-3-4-6-12(11)18-13/h3-9H,2H2,1H3,(H,19,20). The molecule has 0 saturated heterocycles. The molecular weight excluding hydrogens is 314 g/mol. The van der Waals surface area contributed by atoms with E-state index in [1.807, 2.05) is 18.2 Å². The Labute approximate surface area is 136 Å². The van der Waals surface area contributed by atoms with E-state index in [0.717, 1.165) is 0 Å². The molecule has 23 heavy (non-hydrogen) atoms. The topological polar surface area (TPSA) is 81.2 Å². The van der Waals surface area contributed by atoms with Crippen molar-refractivity contribution in [2.24, 2.45) is 0 Å². The first-order chi connectivity index (χ1) is 11.2. The molecule has 0 aliphatic carbocycles. The largest absolute Gasteiger partial charge is 0.462 e. The van der Waals surface area contributed by atoms with Crippen LogP contribution in [-0.2, 0) is 4.74 Å². The minimum Gasteiger partial charge on any atom is -0.462 e. The second-order valence-corrected chi connectivity index (χ2v) is 5.50. The summed E-state index contributed by atoms with van der Waals surface area (Å²) in [6, 6.07) is 8.91. The van der Waals surface area contributed by atoms with Gasteiger partial charge in [0.2, 0.25) is 0 Å². The van der Waals surface area contributed by atoms with E-state index in [1.165, 1.54) is 17.5 Å². The molecule has 6 nitrogen and oxygen atoms in total. The van der Waals surface area contributed by atoms with Crippen LogP contribution in [0.4, 0.5) is 5.00 Å². The van der Waals surface area contributed by atoms with E-state index in [4.69, 9.17) is 4.74 Å². The number of benzene rings is 1. The third kappa shape index (κ3) is 3.19. The fourth-order valence-corrected chi connectivity index (χ4v) is 2.78. The van der Waals surface area contributed by atoms with Crippen LogP contribution in [0.5, 0.6) is 0 Å². The van der Waals surface area contributed by atoms with Gasteiger partial charge >= 0.3 is 5.97 Å². The van der Waals surface area contributed by atoms with Gasteiger partial charge in [0.15, 0.2) is 0 Å². The van der Waals surface area contributed by atoms with Crippen molar-refractivity contribution in [3.05, 3.63) is 53.2 Å². The summed E-state index contributed by atoms with van der Waals surface area (Å²) in [6.07, 6.45) is 1.41. The van der Waals surface area contributed by atoms with E-state index in [1.54, 1.807) is 24.4 Å². The van der Waals surface area contributed by atoms with Gasteiger partial charge in [0, 0.05) is 0 Å². The van der Waals surface area contributed by atoms with Crippen molar-refractivity contribution in [1.82, 2.24) is 9.97 Å². The van der Waals surface area contributed by atoms with Gasteiger partial charge in [0.1, 0.15) is 10.7 Å². The first kappa shape index (κ1) is 15.1. The van der Waals surface area contributed by atoms with E-state index in [2.05, 4.69) is 15.3 Å². The smallest absolute Gasteiger partial charge is 0.341 e. The molecule has 0 unspecified atom stereocenters. The predicted molar refractivity (Wildman–Crippen MR) is 87.8 cm³/mol. The molecule has 3 rings (SSSR count). The van der Waals surface area contributed by atoms with Crippen molar-refractivity contribution in [2.45, 2.75) is 6.92 Å². The summed E-state index contributed by atoms with van der Waals surface area (Å²) in [5, 5.41) is 4.84. The first-order valence-corrected chi connectivity index (χ1v) is 7.84. The van der Waals surface area contributed by atoms with Crippen LogP contribution in [0.2, 0.25) is 0 Å². The lowest BCUT2D eigenvalue weighted by Crippen LogP contribution is -2.16. The number of ether oxygens (including phenoxy) is 1. The molecule has 0 atom stereocenters. The Kier molecular flexibility index (Phi) is 4.29. The molecule has 0 aliphatic rings. The highest BCUT2D eigenvalue weighted by atomic mass is 32.1. The van der Waals surface area contributed by atoms with E-state index < -0.39 is 11.9 Å². The highest BCUT2D eigenvalue weighted by Gasteiger charge is 2.17. The number of aromatic nitrogens is 2. The fourth-order valence-electron chi connectivity index (χ4n) is 2.01. The molecule has 3 aromatic rings. The van der Waals surface area contributed by atoms with Crippen molar-refractivity contribution in [2.75, 3.05) is 11.9 Å². The number of nitrogens with zero attached hydrogens (tertiary/aromatic N) is 2. The summed E-state index contributed by atoms with van der Waals surface area (Å²) in [4.78, 5) is 32.6. The number of esters is 1. The molecule has 1 aromatic carbocycles. The number of hydrogen-bond donors (Lipinski definition) is 1. The molecule has 0 spiro atoms. The van der Waals surface area contributed by atoms with E-state index in [0.29, 0.717) is 21.6 Å². The van der Waals surface area contributed by atoms with E-state index >= 15 is 0 Å². The Morgan fingerprint density at radius 2 is 2.00 bits per heavy atom. The number of amides is 1. The lowest BCUT2D eigenvalue weighted by Gasteiger charge is -2.06. The summed E-state index contributed by atoms with van der Waals surface area (Å²) in [5.74, 6) is -0.884. The Bertz CT molecular complexity index is 876. The van der Waals surface area contributed by atoms with E-state index in [-0.39, 0.29) is 12.3 Å². The maximum atomic E-state index is 12.3. The van der Waals surface area contributed by atoms with Crippen molar-refractivity contribution < 1.29 is 14.3 Å². The summed E-state index contributed by atoms with van der Waals surface area (Å²) < 4.78 is 4.96. The summed E-state index contributed by atoms with van der Waals surface area (Å²) >= 11 is 1.25. The molecule has 116 valence electrons. The van der Waals surface area contributed by atoms with Gasteiger partial charge in [-0.05, 0) is 30.5 Å². The zero-order valence-corrected chi connectivity index (χ0v) is 13.1. The van der Waals surface area contributed by atoms with Gasteiger partial charge in [-0.2, -0.15) is 0 Å². The van der Waals surface area contributed by atoms with Crippen LogP contribution in [0.15, 0.2) is 41.9 Å². The molecule has 7 heteroatoms. The second-order valence-electron chi connectivity index (χ2n) is 4.58. The summed E-state index contributed by atoms with van der Waals surface area (Å²) in [7, 11) is 0. The number of hydrogen-bond acceptors (Lipinski definition) is 6. The maximum Gasteiger partial charge on any atom is 0.341 e. The van der Waals surface area contributed by atoms with Gasteiger partial charge in [0.25, 0.3) is 5.91 Å². The fraction of sp³-hybridized carbons (Fsp3) is 0.125. The van der Waals surface area contributed by atoms with Crippen molar-refractivity contribution in [3.8, 4) is 0 Å². The molecule has 0 aliphatic heterocycles. The predicted octanol–water partition coefficient (Wildman–Crippen LogP) is 3.12. The minimum absolute atomic E-state index is 0.187.